The molecule has 1 amide bonds. The third-order valence-electron chi connectivity index (χ3n) is 1.99. The molecule has 0 heterocycles. The molecule has 0 radical (unpaired) electrons. The van der Waals surface area contributed by atoms with Crippen molar-refractivity contribution in [3.05, 3.63) is 24.3 Å². The molecule has 0 aliphatic rings. The summed E-state index contributed by atoms with van der Waals surface area (Å²) in [6.07, 6.45) is -0.421. The van der Waals surface area contributed by atoms with Crippen LogP contribution in [-0.2, 0) is 4.74 Å². The zero-order valence-electron chi connectivity index (χ0n) is 11.0. The number of alkyl carbamates (subject to hydrolysis) is 1. The highest BCUT2D eigenvalue weighted by Crippen LogP contribution is 2.13. The first kappa shape index (κ1) is 14.2. The molecule has 0 saturated carbocycles. The largest absolute Gasteiger partial charge is 0.508 e. The molecule has 0 aliphatic carbocycles. The van der Waals surface area contributed by atoms with Crippen LogP contribution in [0, 0.1) is 0 Å². The van der Waals surface area contributed by atoms with Gasteiger partial charge in [-0.2, -0.15) is 0 Å². The molecule has 3 N–H and O–H groups in total. The number of hydrogen-bond donors (Lipinski definition) is 3. The van der Waals surface area contributed by atoms with E-state index >= 15 is 0 Å². The molecular weight excluding hydrogens is 232 g/mol. The quantitative estimate of drug-likeness (QED) is 0.568. The second kappa shape index (κ2) is 6.14. The van der Waals surface area contributed by atoms with Crippen LogP contribution >= 0.6 is 0 Å². The van der Waals surface area contributed by atoms with E-state index < -0.39 is 11.7 Å². The van der Waals surface area contributed by atoms with Crippen molar-refractivity contribution in [2.75, 3.05) is 18.4 Å². The third kappa shape index (κ3) is 5.98. The lowest BCUT2D eigenvalue weighted by atomic mass is 10.2. The van der Waals surface area contributed by atoms with E-state index in [2.05, 4.69) is 10.6 Å². The van der Waals surface area contributed by atoms with Crippen molar-refractivity contribution >= 4 is 11.8 Å². The van der Waals surface area contributed by atoms with Crippen molar-refractivity contribution in [2.24, 2.45) is 0 Å². The number of phenols is 1. The maximum atomic E-state index is 11.3. The number of nitrogens with one attached hydrogen (secondary N) is 2. The molecule has 0 aromatic heterocycles. The minimum Gasteiger partial charge on any atom is -0.508 e. The van der Waals surface area contributed by atoms with E-state index in [0.717, 1.165) is 5.69 Å². The number of carbonyl (C=O) groups is 1. The Balaban J connectivity index is 2.19. The Bertz CT molecular complexity index is 382. The summed E-state index contributed by atoms with van der Waals surface area (Å²) >= 11 is 0. The summed E-state index contributed by atoms with van der Waals surface area (Å²) < 4.78 is 5.09. The van der Waals surface area contributed by atoms with Crippen molar-refractivity contribution in [3.63, 3.8) is 0 Å². The van der Waals surface area contributed by atoms with Gasteiger partial charge >= 0.3 is 6.09 Å². The van der Waals surface area contributed by atoms with Crippen LogP contribution in [0.25, 0.3) is 0 Å². The zero-order valence-corrected chi connectivity index (χ0v) is 11.0. The van der Waals surface area contributed by atoms with Gasteiger partial charge in [0.1, 0.15) is 11.4 Å². The van der Waals surface area contributed by atoms with E-state index in [1.165, 1.54) is 0 Å². The number of anilines is 1. The fourth-order valence-electron chi connectivity index (χ4n) is 1.26. The molecule has 0 aliphatic heterocycles. The van der Waals surface area contributed by atoms with Gasteiger partial charge in [-0.05, 0) is 45.0 Å². The molecule has 5 nitrogen and oxygen atoms in total. The first-order valence-corrected chi connectivity index (χ1v) is 5.86. The van der Waals surface area contributed by atoms with Crippen LogP contribution in [-0.4, -0.2) is 29.9 Å². The predicted octanol–water partition coefficient (Wildman–Crippen LogP) is 2.33. The summed E-state index contributed by atoms with van der Waals surface area (Å²) in [6, 6.07) is 6.73. The average molecular weight is 252 g/mol. The normalized spacial score (nSPS) is 10.8. The van der Waals surface area contributed by atoms with Crippen molar-refractivity contribution in [3.8, 4) is 5.75 Å². The second-order valence-electron chi connectivity index (χ2n) is 4.90. The van der Waals surface area contributed by atoms with Crippen molar-refractivity contribution in [2.45, 2.75) is 26.4 Å². The second-order valence-corrected chi connectivity index (χ2v) is 4.90. The molecule has 0 unspecified atom stereocenters. The van der Waals surface area contributed by atoms with Crippen molar-refractivity contribution in [1.29, 1.82) is 0 Å². The molecule has 0 spiro atoms. The highest BCUT2D eigenvalue weighted by Gasteiger charge is 2.15. The van der Waals surface area contributed by atoms with Crippen molar-refractivity contribution in [1.82, 2.24) is 5.32 Å². The van der Waals surface area contributed by atoms with E-state index in [9.17, 15) is 4.79 Å². The lowest BCUT2D eigenvalue weighted by molar-refractivity contribution is 0.0530. The molecule has 100 valence electrons. The fraction of sp³-hybridized carbons (Fsp3) is 0.462. The number of rotatable bonds is 4. The number of carbonyl (C=O) groups excluding carboxylic acids is 1. The Morgan fingerprint density at radius 1 is 1.22 bits per heavy atom. The van der Waals surface area contributed by atoms with Crippen LogP contribution in [0.2, 0.25) is 0 Å². The number of benzene rings is 1. The van der Waals surface area contributed by atoms with Crippen LogP contribution in [0.4, 0.5) is 10.5 Å². The number of amides is 1. The Hall–Kier alpha value is -1.91. The van der Waals surface area contributed by atoms with E-state index in [0.29, 0.717) is 13.1 Å². The van der Waals surface area contributed by atoms with E-state index in [4.69, 9.17) is 9.84 Å². The van der Waals surface area contributed by atoms with Gasteiger partial charge in [0, 0.05) is 18.8 Å². The van der Waals surface area contributed by atoms with E-state index in [1.807, 2.05) is 20.8 Å². The minimum absolute atomic E-state index is 0.229. The molecule has 0 fully saturated rings. The summed E-state index contributed by atoms with van der Waals surface area (Å²) in [5, 5.41) is 14.9. The lowest BCUT2D eigenvalue weighted by Crippen LogP contribution is -2.34. The van der Waals surface area contributed by atoms with E-state index in [-0.39, 0.29) is 5.75 Å². The van der Waals surface area contributed by atoms with Gasteiger partial charge in [0.05, 0.1) is 0 Å². The summed E-state index contributed by atoms with van der Waals surface area (Å²) in [6.45, 7) is 6.52. The molecule has 1 rings (SSSR count). The Morgan fingerprint density at radius 2 is 1.83 bits per heavy atom. The van der Waals surface area contributed by atoms with Crippen LogP contribution in [0.3, 0.4) is 0 Å². The van der Waals surface area contributed by atoms with Gasteiger partial charge in [-0.15, -0.1) is 0 Å². The van der Waals surface area contributed by atoms with Crippen molar-refractivity contribution < 1.29 is 14.6 Å². The van der Waals surface area contributed by atoms with Crippen LogP contribution in [0.1, 0.15) is 20.8 Å². The molecule has 1 aromatic rings. The van der Waals surface area contributed by atoms with Gasteiger partial charge in [-0.3, -0.25) is 0 Å². The Kier molecular flexibility index (Phi) is 4.83. The minimum atomic E-state index is -0.478. The maximum Gasteiger partial charge on any atom is 0.407 e. The molecule has 0 atom stereocenters. The van der Waals surface area contributed by atoms with Gasteiger partial charge in [-0.25, -0.2) is 4.79 Å². The average Bonchev–Trinajstić information content (AvgIpc) is 2.24. The Labute approximate surface area is 107 Å². The smallest absolute Gasteiger partial charge is 0.407 e. The number of phenolic OH excluding ortho intramolecular Hbond substituents is 1. The van der Waals surface area contributed by atoms with Gasteiger partial charge in [0.25, 0.3) is 0 Å². The molecule has 0 bridgehead atoms. The third-order valence-corrected chi connectivity index (χ3v) is 1.99. The first-order chi connectivity index (χ1) is 8.37. The molecule has 1 aromatic carbocycles. The maximum absolute atomic E-state index is 11.3. The molecule has 18 heavy (non-hydrogen) atoms. The summed E-state index contributed by atoms with van der Waals surface area (Å²) in [4.78, 5) is 11.3. The topological polar surface area (TPSA) is 70.6 Å². The SMILES string of the molecule is CC(C)(C)OC(=O)NCCNc1ccc(O)cc1. The summed E-state index contributed by atoms with van der Waals surface area (Å²) in [5.74, 6) is 0.229. The fourth-order valence-corrected chi connectivity index (χ4v) is 1.26. The van der Waals surface area contributed by atoms with E-state index in [1.54, 1.807) is 24.3 Å². The standard InChI is InChI=1S/C13H20N2O3/c1-13(2,3)18-12(17)15-9-8-14-10-4-6-11(16)7-5-10/h4-7,14,16H,8-9H2,1-3H3,(H,15,17). The predicted molar refractivity (Wildman–Crippen MR) is 70.8 cm³/mol. The number of aromatic hydroxyl groups is 1. The van der Waals surface area contributed by atoms with Crippen LogP contribution < -0.4 is 10.6 Å². The van der Waals surface area contributed by atoms with Gasteiger partial charge in [0.15, 0.2) is 0 Å². The monoisotopic (exact) mass is 252 g/mol. The number of ether oxygens (including phenoxy) is 1. The Morgan fingerprint density at radius 3 is 2.39 bits per heavy atom. The molecular formula is C13H20N2O3. The highest BCUT2D eigenvalue weighted by molar-refractivity contribution is 5.67. The van der Waals surface area contributed by atoms with Gasteiger partial charge < -0.3 is 20.5 Å². The van der Waals surface area contributed by atoms with Crippen LogP contribution in [0.15, 0.2) is 24.3 Å². The zero-order chi connectivity index (χ0) is 13.6. The lowest BCUT2D eigenvalue weighted by Gasteiger charge is -2.19. The molecule has 5 heteroatoms. The van der Waals surface area contributed by atoms with Gasteiger partial charge in [-0.1, -0.05) is 0 Å². The summed E-state index contributed by atoms with van der Waals surface area (Å²) in [7, 11) is 0. The first-order valence-electron chi connectivity index (χ1n) is 5.86. The van der Waals surface area contributed by atoms with Gasteiger partial charge in [0.2, 0.25) is 0 Å². The van der Waals surface area contributed by atoms with Crippen LogP contribution in [0.5, 0.6) is 5.75 Å². The highest BCUT2D eigenvalue weighted by atomic mass is 16.6. The molecule has 0 saturated heterocycles. The summed E-state index contributed by atoms with van der Waals surface area (Å²) in [5.41, 5.74) is 0.410. The number of hydrogen-bond acceptors (Lipinski definition) is 4.